The highest BCUT2D eigenvalue weighted by atomic mass is 16.2. The zero-order chi connectivity index (χ0) is 13.8. The van der Waals surface area contributed by atoms with Gasteiger partial charge in [0.15, 0.2) is 0 Å². The van der Waals surface area contributed by atoms with E-state index in [-0.39, 0.29) is 5.92 Å². The van der Waals surface area contributed by atoms with Gasteiger partial charge < -0.3 is 4.90 Å². The summed E-state index contributed by atoms with van der Waals surface area (Å²) in [7, 11) is 0. The molecular weight excluding hydrogens is 248 g/mol. The van der Waals surface area contributed by atoms with Crippen molar-refractivity contribution in [3.8, 4) is 0 Å². The molecule has 0 bridgehead atoms. The van der Waals surface area contributed by atoms with E-state index in [9.17, 15) is 4.79 Å². The Balaban J connectivity index is 1.61. The highest BCUT2D eigenvalue weighted by molar-refractivity contribution is 5.79. The predicted octanol–water partition coefficient (Wildman–Crippen LogP) is 2.82. The van der Waals surface area contributed by atoms with Crippen molar-refractivity contribution >= 4 is 5.91 Å². The van der Waals surface area contributed by atoms with E-state index in [2.05, 4.69) is 22.0 Å². The van der Waals surface area contributed by atoms with Crippen molar-refractivity contribution in [2.75, 3.05) is 26.2 Å². The summed E-state index contributed by atoms with van der Waals surface area (Å²) in [5.74, 6) is 0.692. The molecule has 2 fully saturated rings. The average molecular weight is 276 g/mol. The van der Waals surface area contributed by atoms with Crippen LogP contribution in [-0.2, 0) is 4.79 Å². The van der Waals surface area contributed by atoms with Crippen LogP contribution in [-0.4, -0.2) is 47.9 Å². The fraction of sp³-hybridized carbons (Fsp3) is 0.824. The summed E-state index contributed by atoms with van der Waals surface area (Å²) in [6.45, 7) is 4.47. The van der Waals surface area contributed by atoms with Crippen LogP contribution >= 0.6 is 0 Å². The third kappa shape index (κ3) is 3.25. The Bertz CT molecular complexity index is 360. The van der Waals surface area contributed by atoms with E-state index in [1.807, 2.05) is 0 Å². The second kappa shape index (κ2) is 6.75. The second-order valence-corrected chi connectivity index (χ2v) is 6.66. The molecule has 2 saturated heterocycles. The summed E-state index contributed by atoms with van der Waals surface area (Å²) < 4.78 is 0. The van der Waals surface area contributed by atoms with Gasteiger partial charge in [-0.3, -0.25) is 9.69 Å². The van der Waals surface area contributed by atoms with E-state index >= 15 is 0 Å². The molecular formula is C17H28N2O. The number of carbonyl (C=O) groups excluding carboxylic acids is 1. The lowest BCUT2D eigenvalue weighted by atomic mass is 9.93. The molecule has 0 N–H and O–H groups in total. The van der Waals surface area contributed by atoms with Crippen molar-refractivity contribution in [2.45, 2.75) is 57.4 Å². The summed E-state index contributed by atoms with van der Waals surface area (Å²) in [6, 6.07) is 0.628. The topological polar surface area (TPSA) is 23.6 Å². The molecule has 3 nitrogen and oxygen atoms in total. The molecule has 2 heterocycles. The lowest BCUT2D eigenvalue weighted by Crippen LogP contribution is -2.45. The summed E-state index contributed by atoms with van der Waals surface area (Å²) in [5.41, 5.74) is 0. The minimum absolute atomic E-state index is 0.261. The largest absolute Gasteiger partial charge is 0.341 e. The molecule has 20 heavy (non-hydrogen) atoms. The van der Waals surface area contributed by atoms with Crippen molar-refractivity contribution in [2.24, 2.45) is 5.92 Å². The summed E-state index contributed by atoms with van der Waals surface area (Å²) in [5, 5.41) is 0. The Hall–Kier alpha value is -0.830. The number of amides is 1. The molecule has 1 aliphatic carbocycles. The van der Waals surface area contributed by atoms with E-state index in [4.69, 9.17) is 0 Å². The molecule has 0 aromatic rings. The fourth-order valence-electron chi connectivity index (χ4n) is 4.00. The zero-order valence-electron chi connectivity index (χ0n) is 12.6. The van der Waals surface area contributed by atoms with Crippen LogP contribution in [0.4, 0.5) is 0 Å². The Kier molecular flexibility index (Phi) is 4.77. The number of allylic oxidation sites excluding steroid dienone is 2. The maximum absolute atomic E-state index is 12.7. The van der Waals surface area contributed by atoms with Crippen molar-refractivity contribution < 1.29 is 4.79 Å². The van der Waals surface area contributed by atoms with Gasteiger partial charge in [-0.2, -0.15) is 0 Å². The van der Waals surface area contributed by atoms with Crippen molar-refractivity contribution in [3.63, 3.8) is 0 Å². The number of hydrogen-bond donors (Lipinski definition) is 0. The zero-order valence-corrected chi connectivity index (χ0v) is 12.6. The second-order valence-electron chi connectivity index (χ2n) is 6.66. The van der Waals surface area contributed by atoms with Gasteiger partial charge in [-0.15, -0.1) is 0 Å². The minimum Gasteiger partial charge on any atom is -0.341 e. The lowest BCUT2D eigenvalue weighted by Gasteiger charge is -2.33. The van der Waals surface area contributed by atoms with Gasteiger partial charge in [-0.05, 0) is 58.0 Å². The van der Waals surface area contributed by atoms with Crippen LogP contribution in [0.2, 0.25) is 0 Å². The molecule has 0 radical (unpaired) electrons. The molecule has 0 saturated carbocycles. The van der Waals surface area contributed by atoms with Crippen LogP contribution in [0, 0.1) is 5.92 Å². The number of hydrogen-bond acceptors (Lipinski definition) is 2. The first-order valence-corrected chi connectivity index (χ1v) is 8.52. The fourth-order valence-corrected chi connectivity index (χ4v) is 4.00. The predicted molar refractivity (Wildman–Crippen MR) is 81.5 cm³/mol. The van der Waals surface area contributed by atoms with Crippen LogP contribution in [0.1, 0.15) is 51.4 Å². The molecule has 3 aliphatic rings. The number of rotatable bonds is 2. The standard InChI is InChI=1S/C17H28N2O/c20-17(15-8-2-1-3-9-15)19-13-5-4-10-16(14-19)18-11-6-7-12-18/h1-2,15-16H,3-14H2/t15-,16-/m0/s1. The van der Waals surface area contributed by atoms with Crippen LogP contribution in [0.25, 0.3) is 0 Å². The van der Waals surface area contributed by atoms with E-state index in [0.717, 1.165) is 32.4 Å². The van der Waals surface area contributed by atoms with E-state index in [1.165, 1.54) is 45.2 Å². The molecule has 2 aliphatic heterocycles. The van der Waals surface area contributed by atoms with E-state index < -0.39 is 0 Å². The molecule has 0 aromatic carbocycles. The van der Waals surface area contributed by atoms with Gasteiger partial charge in [0.05, 0.1) is 0 Å². The normalized spacial score (nSPS) is 32.3. The molecule has 2 atom stereocenters. The van der Waals surface area contributed by atoms with Gasteiger partial charge in [0, 0.05) is 25.0 Å². The van der Waals surface area contributed by atoms with Crippen LogP contribution in [0.15, 0.2) is 12.2 Å². The van der Waals surface area contributed by atoms with Crippen molar-refractivity contribution in [1.82, 2.24) is 9.80 Å². The third-order valence-corrected chi connectivity index (χ3v) is 5.23. The first-order chi connectivity index (χ1) is 9.84. The number of nitrogens with zero attached hydrogens (tertiary/aromatic N) is 2. The van der Waals surface area contributed by atoms with Crippen molar-refractivity contribution in [3.05, 3.63) is 12.2 Å². The van der Waals surface area contributed by atoms with Gasteiger partial charge in [0.2, 0.25) is 5.91 Å². The highest BCUT2D eigenvalue weighted by Gasteiger charge is 2.30. The lowest BCUT2D eigenvalue weighted by molar-refractivity contribution is -0.136. The summed E-state index contributed by atoms with van der Waals surface area (Å²) >= 11 is 0. The smallest absolute Gasteiger partial charge is 0.226 e. The first-order valence-electron chi connectivity index (χ1n) is 8.52. The maximum Gasteiger partial charge on any atom is 0.226 e. The molecule has 0 aromatic heterocycles. The van der Waals surface area contributed by atoms with E-state index in [1.54, 1.807) is 0 Å². The molecule has 3 heteroatoms. The Morgan fingerprint density at radius 3 is 2.50 bits per heavy atom. The average Bonchev–Trinajstić information content (AvgIpc) is 2.92. The molecule has 112 valence electrons. The van der Waals surface area contributed by atoms with Gasteiger partial charge >= 0.3 is 0 Å². The first kappa shape index (κ1) is 14.1. The Morgan fingerprint density at radius 2 is 1.75 bits per heavy atom. The van der Waals surface area contributed by atoms with Gasteiger partial charge in [0.1, 0.15) is 0 Å². The molecule has 3 rings (SSSR count). The summed E-state index contributed by atoms with van der Waals surface area (Å²) in [6.07, 6.45) is 14.0. The van der Waals surface area contributed by atoms with Crippen LogP contribution < -0.4 is 0 Å². The third-order valence-electron chi connectivity index (χ3n) is 5.23. The van der Waals surface area contributed by atoms with Gasteiger partial charge in [0.25, 0.3) is 0 Å². The van der Waals surface area contributed by atoms with Crippen LogP contribution in [0.5, 0.6) is 0 Å². The van der Waals surface area contributed by atoms with Gasteiger partial charge in [-0.1, -0.05) is 18.6 Å². The minimum atomic E-state index is 0.261. The molecule has 0 spiro atoms. The Morgan fingerprint density at radius 1 is 0.950 bits per heavy atom. The molecule has 0 unspecified atom stereocenters. The molecule has 1 amide bonds. The summed E-state index contributed by atoms with van der Waals surface area (Å²) in [4.78, 5) is 17.6. The highest BCUT2D eigenvalue weighted by Crippen LogP contribution is 2.25. The monoisotopic (exact) mass is 276 g/mol. The van der Waals surface area contributed by atoms with Crippen LogP contribution in [0.3, 0.4) is 0 Å². The number of likely N-dealkylation sites (tertiary alicyclic amines) is 2. The van der Waals surface area contributed by atoms with E-state index in [0.29, 0.717) is 11.9 Å². The Labute approximate surface area is 123 Å². The maximum atomic E-state index is 12.7. The van der Waals surface area contributed by atoms with Crippen molar-refractivity contribution in [1.29, 1.82) is 0 Å². The quantitative estimate of drug-likeness (QED) is 0.724. The SMILES string of the molecule is O=C([C@H]1CC=CCC1)N1CCCC[C@H](N2CCCC2)C1. The van der Waals surface area contributed by atoms with Gasteiger partial charge in [-0.25, -0.2) is 0 Å². The number of carbonyl (C=O) groups is 1.